The summed E-state index contributed by atoms with van der Waals surface area (Å²) < 4.78 is 12.0. The number of ether oxygens (including phenoxy) is 2. The summed E-state index contributed by atoms with van der Waals surface area (Å²) in [6, 6.07) is 17.0. The number of rotatable bonds is 3. The van der Waals surface area contributed by atoms with Crippen LogP contribution in [0.4, 0.5) is 11.4 Å². The number of nitrogen functional groups attached to an aromatic ring is 1. The maximum atomic E-state index is 11.6. The van der Waals surface area contributed by atoms with Crippen LogP contribution in [-0.2, 0) is 20.1 Å². The zero-order valence-electron chi connectivity index (χ0n) is 13.0. The van der Waals surface area contributed by atoms with Crippen molar-refractivity contribution in [2.45, 2.75) is 18.0 Å². The van der Waals surface area contributed by atoms with Crippen LogP contribution in [0.1, 0.15) is 5.56 Å². The summed E-state index contributed by atoms with van der Waals surface area (Å²) in [6.07, 6.45) is -1.52. The van der Waals surface area contributed by atoms with Crippen molar-refractivity contribution in [3.8, 4) is 0 Å². The molecule has 124 valence electrons. The molecule has 3 atom stereocenters. The summed E-state index contributed by atoms with van der Waals surface area (Å²) in [5.41, 5.74) is 8.18. The molecule has 4 rings (SSSR count). The zero-order valence-corrected chi connectivity index (χ0v) is 13.0. The van der Waals surface area contributed by atoms with Crippen molar-refractivity contribution >= 4 is 17.3 Å². The molecule has 3 N–H and O–H groups in total. The van der Waals surface area contributed by atoms with Crippen molar-refractivity contribution in [1.29, 1.82) is 0 Å². The van der Waals surface area contributed by atoms with Crippen LogP contribution in [0.3, 0.4) is 0 Å². The van der Waals surface area contributed by atoms with Gasteiger partial charge in [-0.25, -0.2) is 4.79 Å². The number of carboxylic acid groups (broad SMARTS) is 1. The first-order valence-corrected chi connectivity index (χ1v) is 7.82. The number of nitrogens with zero attached hydrogens (tertiary/aromatic N) is 1. The number of hydrogen-bond donors (Lipinski definition) is 2. The third kappa shape index (κ3) is 2.40. The van der Waals surface area contributed by atoms with Gasteiger partial charge >= 0.3 is 5.97 Å². The van der Waals surface area contributed by atoms with Gasteiger partial charge < -0.3 is 25.2 Å². The molecule has 0 saturated carbocycles. The van der Waals surface area contributed by atoms with E-state index in [-0.39, 0.29) is 0 Å². The van der Waals surface area contributed by atoms with Crippen molar-refractivity contribution in [1.82, 2.24) is 0 Å². The highest BCUT2D eigenvalue weighted by atomic mass is 16.8. The minimum atomic E-state index is -1.10. The first kappa shape index (κ1) is 15.0. The van der Waals surface area contributed by atoms with Gasteiger partial charge in [-0.3, -0.25) is 0 Å². The normalized spacial score (nSPS) is 28.8. The van der Waals surface area contributed by atoms with E-state index in [1.807, 2.05) is 42.5 Å². The van der Waals surface area contributed by atoms with Gasteiger partial charge in [0.05, 0.1) is 6.54 Å². The van der Waals surface area contributed by atoms with E-state index in [0.29, 0.717) is 18.8 Å². The largest absolute Gasteiger partial charge is 0.479 e. The summed E-state index contributed by atoms with van der Waals surface area (Å²) >= 11 is 0. The highest BCUT2D eigenvalue weighted by Gasteiger charge is 2.56. The van der Waals surface area contributed by atoms with Crippen LogP contribution < -0.4 is 10.6 Å². The number of nitrogens with two attached hydrogens (primary N) is 1. The minimum Gasteiger partial charge on any atom is -0.479 e. The maximum Gasteiger partial charge on any atom is 0.335 e. The molecule has 0 amide bonds. The molecule has 2 aliphatic heterocycles. The minimum absolute atomic E-state index is 0.418. The van der Waals surface area contributed by atoms with Gasteiger partial charge in [-0.05, 0) is 24.3 Å². The van der Waals surface area contributed by atoms with Crippen LogP contribution in [-0.4, -0.2) is 36.4 Å². The van der Waals surface area contributed by atoms with E-state index in [1.165, 1.54) is 0 Å². The molecule has 2 fully saturated rings. The van der Waals surface area contributed by atoms with Crippen LogP contribution in [0.15, 0.2) is 54.6 Å². The van der Waals surface area contributed by atoms with Crippen molar-refractivity contribution in [3.05, 3.63) is 60.2 Å². The van der Waals surface area contributed by atoms with E-state index in [9.17, 15) is 9.90 Å². The second-order valence-corrected chi connectivity index (χ2v) is 6.12. The lowest BCUT2D eigenvalue weighted by Crippen LogP contribution is -2.50. The third-order valence-electron chi connectivity index (χ3n) is 4.51. The number of aliphatic carboxylic acids is 1. The Hall–Kier alpha value is -2.57. The Morgan fingerprint density at radius 1 is 1.12 bits per heavy atom. The first-order valence-electron chi connectivity index (χ1n) is 7.82. The third-order valence-corrected chi connectivity index (χ3v) is 4.51. The SMILES string of the molecule is Nc1ccc([C@@]23CN(c4ccccc4)C[C@@H](O2)[C@@H](C(=O)O)O3)cc1. The Morgan fingerprint density at radius 3 is 2.50 bits per heavy atom. The molecule has 0 spiro atoms. The maximum absolute atomic E-state index is 11.6. The van der Waals surface area contributed by atoms with Gasteiger partial charge in [0.15, 0.2) is 6.10 Å². The van der Waals surface area contributed by atoms with Gasteiger partial charge in [0.25, 0.3) is 0 Å². The molecule has 0 unspecified atom stereocenters. The van der Waals surface area contributed by atoms with Gasteiger partial charge in [-0.2, -0.15) is 0 Å². The standard InChI is InChI=1S/C18H18N2O4/c19-13-8-6-12(7-9-13)18-11-20(14-4-2-1-3-5-14)10-15(23-18)16(24-18)17(21)22/h1-9,15-16H,10-11,19H2,(H,21,22)/t15-,16+,18+/m1/s1. The van der Waals surface area contributed by atoms with E-state index < -0.39 is 24.0 Å². The molecule has 6 heteroatoms. The Labute approximate surface area is 139 Å². The number of benzene rings is 2. The second kappa shape index (κ2) is 5.51. The molecule has 0 aliphatic carbocycles. The van der Waals surface area contributed by atoms with E-state index in [0.717, 1.165) is 11.3 Å². The summed E-state index contributed by atoms with van der Waals surface area (Å²) in [6.45, 7) is 0.888. The quantitative estimate of drug-likeness (QED) is 0.837. The molecular weight excluding hydrogens is 308 g/mol. The molecule has 2 saturated heterocycles. The van der Waals surface area contributed by atoms with Crippen molar-refractivity contribution in [2.75, 3.05) is 23.7 Å². The van der Waals surface area contributed by atoms with Gasteiger partial charge in [-0.15, -0.1) is 0 Å². The molecule has 0 radical (unpaired) electrons. The summed E-state index contributed by atoms with van der Waals surface area (Å²) in [7, 11) is 0. The Bertz CT molecular complexity index is 749. The smallest absolute Gasteiger partial charge is 0.335 e. The molecule has 2 bridgehead atoms. The number of carbonyl (C=O) groups is 1. The van der Waals surface area contributed by atoms with Gasteiger partial charge in [0, 0.05) is 23.5 Å². The van der Waals surface area contributed by atoms with Gasteiger partial charge in [0.2, 0.25) is 5.79 Å². The van der Waals surface area contributed by atoms with Crippen molar-refractivity contribution in [3.63, 3.8) is 0 Å². The fourth-order valence-corrected chi connectivity index (χ4v) is 3.37. The monoisotopic (exact) mass is 326 g/mol. The topological polar surface area (TPSA) is 85.0 Å². The van der Waals surface area contributed by atoms with Gasteiger partial charge in [-0.1, -0.05) is 30.3 Å². The lowest BCUT2D eigenvalue weighted by atomic mass is 10.0. The molecule has 24 heavy (non-hydrogen) atoms. The van der Waals surface area contributed by atoms with Crippen LogP contribution in [0.25, 0.3) is 0 Å². The molecule has 2 aliphatic rings. The lowest BCUT2D eigenvalue weighted by molar-refractivity contribution is -0.190. The molecule has 2 aromatic rings. The van der Waals surface area contributed by atoms with Crippen LogP contribution in [0.5, 0.6) is 0 Å². The summed E-state index contributed by atoms with van der Waals surface area (Å²) in [4.78, 5) is 13.7. The lowest BCUT2D eigenvalue weighted by Gasteiger charge is -2.39. The van der Waals surface area contributed by atoms with Crippen LogP contribution >= 0.6 is 0 Å². The number of para-hydroxylation sites is 1. The highest BCUT2D eigenvalue weighted by molar-refractivity contribution is 5.74. The number of hydrogen-bond acceptors (Lipinski definition) is 5. The predicted molar refractivity (Wildman–Crippen MR) is 88.6 cm³/mol. The second-order valence-electron chi connectivity index (χ2n) is 6.12. The Kier molecular flexibility index (Phi) is 3.44. The average Bonchev–Trinajstić information content (AvgIpc) is 2.88. The van der Waals surface area contributed by atoms with E-state index in [2.05, 4.69) is 4.90 Å². The number of morpholine rings is 1. The fourth-order valence-electron chi connectivity index (χ4n) is 3.37. The Morgan fingerprint density at radius 2 is 1.83 bits per heavy atom. The predicted octanol–water partition coefficient (Wildman–Crippen LogP) is 1.81. The molecule has 6 nitrogen and oxygen atoms in total. The molecule has 2 aromatic carbocycles. The van der Waals surface area contributed by atoms with Crippen LogP contribution in [0.2, 0.25) is 0 Å². The number of carboxylic acids is 1. The van der Waals surface area contributed by atoms with Crippen LogP contribution in [0, 0.1) is 0 Å². The fraction of sp³-hybridized carbons (Fsp3) is 0.278. The summed E-state index contributed by atoms with van der Waals surface area (Å²) in [5, 5.41) is 9.48. The van der Waals surface area contributed by atoms with Crippen molar-refractivity contribution < 1.29 is 19.4 Å². The zero-order chi connectivity index (χ0) is 16.7. The average molecular weight is 326 g/mol. The highest BCUT2D eigenvalue weighted by Crippen LogP contribution is 2.43. The molecular formula is C18H18N2O4. The first-order chi connectivity index (χ1) is 11.6. The number of fused-ring (bicyclic) bond motifs is 2. The number of anilines is 2. The Balaban J connectivity index is 1.73. The molecule has 0 aromatic heterocycles. The summed E-state index contributed by atoms with van der Waals surface area (Å²) in [5.74, 6) is -2.11. The van der Waals surface area contributed by atoms with E-state index in [1.54, 1.807) is 12.1 Å². The molecule has 2 heterocycles. The van der Waals surface area contributed by atoms with Gasteiger partial charge in [0.1, 0.15) is 6.10 Å². The van der Waals surface area contributed by atoms with E-state index >= 15 is 0 Å². The van der Waals surface area contributed by atoms with E-state index in [4.69, 9.17) is 15.2 Å². The van der Waals surface area contributed by atoms with Crippen molar-refractivity contribution in [2.24, 2.45) is 0 Å².